The van der Waals surface area contributed by atoms with Gasteiger partial charge < -0.3 is 15.2 Å². The van der Waals surface area contributed by atoms with Gasteiger partial charge in [0, 0.05) is 5.56 Å². The van der Waals surface area contributed by atoms with E-state index < -0.39 is 17.9 Å². The Kier molecular flexibility index (Phi) is 5.57. The van der Waals surface area contributed by atoms with Crippen LogP contribution in [-0.4, -0.2) is 40.3 Å². The third-order valence-electron chi connectivity index (χ3n) is 3.97. The van der Waals surface area contributed by atoms with Crippen molar-refractivity contribution in [1.29, 1.82) is 0 Å². The summed E-state index contributed by atoms with van der Waals surface area (Å²) in [6.45, 7) is 3.67. The number of amides is 1. The topological polar surface area (TPSA) is 104 Å². The molecule has 2 rings (SSSR count). The lowest BCUT2D eigenvalue weighted by Gasteiger charge is -2.19. The molecule has 0 bridgehead atoms. The highest BCUT2D eigenvalue weighted by Gasteiger charge is 2.26. The highest BCUT2D eigenvalue weighted by molar-refractivity contribution is 5.95. The van der Waals surface area contributed by atoms with Crippen LogP contribution in [-0.2, 0) is 4.79 Å². The Morgan fingerprint density at radius 3 is 2.54 bits per heavy atom. The number of ether oxygens (including phenoxy) is 1. The van der Waals surface area contributed by atoms with Gasteiger partial charge in [-0.15, -0.1) is 0 Å². The Morgan fingerprint density at radius 1 is 1.33 bits per heavy atom. The van der Waals surface area contributed by atoms with Crippen LogP contribution in [0.2, 0.25) is 0 Å². The Bertz CT molecular complexity index is 709. The average Bonchev–Trinajstić information content (AvgIpc) is 3.08. The summed E-state index contributed by atoms with van der Waals surface area (Å²) in [4.78, 5) is 23.6. The zero-order valence-electron chi connectivity index (χ0n) is 13.9. The minimum Gasteiger partial charge on any atom is -0.497 e. The molecule has 0 radical (unpaired) electrons. The first-order valence-corrected chi connectivity index (χ1v) is 7.69. The Morgan fingerprint density at radius 2 is 2.00 bits per heavy atom. The van der Waals surface area contributed by atoms with Crippen molar-refractivity contribution in [3.63, 3.8) is 0 Å². The second-order valence-corrected chi connectivity index (χ2v) is 5.57. The monoisotopic (exact) mass is 331 g/mol. The number of nitrogens with zero attached hydrogens (tertiary/aromatic N) is 1. The van der Waals surface area contributed by atoms with Crippen LogP contribution in [0, 0.1) is 5.92 Å². The molecule has 7 heteroatoms. The van der Waals surface area contributed by atoms with Gasteiger partial charge >= 0.3 is 5.97 Å². The predicted molar refractivity (Wildman–Crippen MR) is 88.9 cm³/mol. The van der Waals surface area contributed by atoms with E-state index in [-0.39, 0.29) is 11.6 Å². The zero-order valence-corrected chi connectivity index (χ0v) is 13.9. The van der Waals surface area contributed by atoms with Gasteiger partial charge in [0.25, 0.3) is 5.91 Å². The molecule has 0 unspecified atom stereocenters. The summed E-state index contributed by atoms with van der Waals surface area (Å²) in [7, 11) is 1.59. The fraction of sp³-hybridized carbons (Fsp3) is 0.353. The smallest absolute Gasteiger partial charge is 0.326 e. The summed E-state index contributed by atoms with van der Waals surface area (Å²) in [5.41, 5.74) is 1.64. The van der Waals surface area contributed by atoms with E-state index in [9.17, 15) is 14.7 Å². The maximum atomic E-state index is 12.3. The lowest BCUT2D eigenvalue weighted by atomic mass is 9.99. The number of hydrogen-bond acceptors (Lipinski definition) is 4. The number of methoxy groups -OCH3 is 1. The highest BCUT2D eigenvalue weighted by Crippen LogP contribution is 2.21. The molecule has 1 aromatic heterocycles. The van der Waals surface area contributed by atoms with Gasteiger partial charge in [0.1, 0.15) is 17.5 Å². The van der Waals surface area contributed by atoms with Crippen LogP contribution >= 0.6 is 0 Å². The first kappa shape index (κ1) is 17.5. The molecule has 0 aliphatic heterocycles. The summed E-state index contributed by atoms with van der Waals surface area (Å²) in [5.74, 6) is -0.983. The summed E-state index contributed by atoms with van der Waals surface area (Å²) in [6, 6.07) is 7.91. The van der Waals surface area contributed by atoms with Gasteiger partial charge in [-0.25, -0.2) is 4.79 Å². The number of H-pyrrole nitrogens is 1. The first-order chi connectivity index (χ1) is 11.5. The molecule has 0 aliphatic rings. The number of aromatic nitrogens is 2. The molecular formula is C17H21N3O4. The molecule has 128 valence electrons. The van der Waals surface area contributed by atoms with Crippen LogP contribution in [0.5, 0.6) is 5.75 Å². The molecule has 3 N–H and O–H groups in total. The van der Waals surface area contributed by atoms with Gasteiger partial charge in [-0.3, -0.25) is 9.89 Å². The zero-order chi connectivity index (χ0) is 17.7. The molecule has 24 heavy (non-hydrogen) atoms. The number of carbonyl (C=O) groups excluding carboxylic acids is 1. The molecule has 2 atom stereocenters. The van der Waals surface area contributed by atoms with E-state index in [0.717, 1.165) is 11.3 Å². The van der Waals surface area contributed by atoms with Crippen molar-refractivity contribution in [3.05, 3.63) is 36.0 Å². The van der Waals surface area contributed by atoms with Gasteiger partial charge in [0.2, 0.25) is 0 Å². The first-order valence-electron chi connectivity index (χ1n) is 7.69. The van der Waals surface area contributed by atoms with Crippen LogP contribution in [0.1, 0.15) is 30.8 Å². The van der Waals surface area contributed by atoms with Crippen molar-refractivity contribution >= 4 is 11.9 Å². The van der Waals surface area contributed by atoms with Crippen molar-refractivity contribution in [2.75, 3.05) is 7.11 Å². The van der Waals surface area contributed by atoms with Gasteiger partial charge in [-0.1, -0.05) is 20.3 Å². The van der Waals surface area contributed by atoms with E-state index in [1.54, 1.807) is 32.2 Å². The van der Waals surface area contributed by atoms with E-state index in [4.69, 9.17) is 4.74 Å². The number of carbonyl (C=O) groups is 2. The number of aromatic amines is 1. The van der Waals surface area contributed by atoms with Crippen molar-refractivity contribution < 1.29 is 19.4 Å². The number of nitrogens with one attached hydrogen (secondary N) is 2. The van der Waals surface area contributed by atoms with E-state index in [2.05, 4.69) is 15.5 Å². The number of carboxylic acid groups (broad SMARTS) is 1. The van der Waals surface area contributed by atoms with Crippen LogP contribution in [0.3, 0.4) is 0 Å². The number of rotatable bonds is 7. The Balaban J connectivity index is 2.13. The molecule has 1 amide bonds. The second kappa shape index (κ2) is 7.63. The van der Waals surface area contributed by atoms with E-state index in [1.165, 1.54) is 0 Å². The third kappa shape index (κ3) is 3.92. The van der Waals surface area contributed by atoms with Crippen molar-refractivity contribution in [1.82, 2.24) is 15.5 Å². The lowest BCUT2D eigenvalue weighted by molar-refractivity contribution is -0.140. The predicted octanol–water partition coefficient (Wildman–Crippen LogP) is 2.31. The van der Waals surface area contributed by atoms with Crippen LogP contribution in [0.25, 0.3) is 11.3 Å². The largest absolute Gasteiger partial charge is 0.497 e. The number of hydrogen-bond donors (Lipinski definition) is 3. The lowest BCUT2D eigenvalue weighted by Crippen LogP contribution is -2.45. The quantitative estimate of drug-likeness (QED) is 0.722. The molecule has 0 spiro atoms. The number of aliphatic carboxylic acids is 1. The number of carboxylic acids is 1. The van der Waals surface area contributed by atoms with Crippen LogP contribution in [0.4, 0.5) is 0 Å². The van der Waals surface area contributed by atoms with E-state index in [1.807, 2.05) is 19.1 Å². The van der Waals surface area contributed by atoms with Crippen molar-refractivity contribution in [3.8, 4) is 17.0 Å². The van der Waals surface area contributed by atoms with Crippen LogP contribution in [0.15, 0.2) is 30.3 Å². The molecule has 0 aliphatic carbocycles. The summed E-state index contributed by atoms with van der Waals surface area (Å²) in [5, 5.41) is 18.5. The second-order valence-electron chi connectivity index (χ2n) is 5.57. The normalized spacial score (nSPS) is 13.1. The standard InChI is InChI=1S/C17H21N3O4/c1-4-10(2)15(17(22)23)18-16(21)14-9-13(19-20-14)11-5-7-12(24-3)8-6-11/h5-10,15H,4H2,1-3H3,(H,18,21)(H,19,20)(H,22,23)/t10-,15-/m0/s1. The minimum atomic E-state index is -1.05. The Labute approximate surface area is 140 Å². The van der Waals surface area contributed by atoms with Crippen molar-refractivity contribution in [2.24, 2.45) is 5.92 Å². The Hall–Kier alpha value is -2.83. The summed E-state index contributed by atoms with van der Waals surface area (Å²) >= 11 is 0. The fourth-order valence-corrected chi connectivity index (χ4v) is 2.25. The van der Waals surface area contributed by atoms with Gasteiger partial charge in [0.05, 0.1) is 12.8 Å². The molecule has 1 heterocycles. The molecule has 2 aromatic rings. The maximum Gasteiger partial charge on any atom is 0.326 e. The summed E-state index contributed by atoms with van der Waals surface area (Å²) < 4.78 is 5.10. The van der Waals surface area contributed by atoms with Gasteiger partial charge in [-0.2, -0.15) is 5.10 Å². The fourth-order valence-electron chi connectivity index (χ4n) is 2.25. The molecular weight excluding hydrogens is 310 g/mol. The van der Waals surface area contributed by atoms with Gasteiger partial charge in [0.15, 0.2) is 0 Å². The van der Waals surface area contributed by atoms with Gasteiger partial charge in [-0.05, 0) is 36.2 Å². The average molecular weight is 331 g/mol. The van der Waals surface area contributed by atoms with Crippen molar-refractivity contribution in [2.45, 2.75) is 26.3 Å². The highest BCUT2D eigenvalue weighted by atomic mass is 16.5. The van der Waals surface area contributed by atoms with E-state index >= 15 is 0 Å². The van der Waals surface area contributed by atoms with Crippen LogP contribution < -0.4 is 10.1 Å². The molecule has 0 fully saturated rings. The van der Waals surface area contributed by atoms with E-state index in [0.29, 0.717) is 12.1 Å². The molecule has 7 nitrogen and oxygen atoms in total. The SMILES string of the molecule is CC[C@H](C)[C@H](NC(=O)c1cc(-c2ccc(OC)cc2)n[nH]1)C(=O)O. The third-order valence-corrected chi connectivity index (χ3v) is 3.97. The summed E-state index contributed by atoms with van der Waals surface area (Å²) in [6.07, 6.45) is 0.650. The number of benzene rings is 1. The minimum absolute atomic E-state index is 0.171. The maximum absolute atomic E-state index is 12.3. The molecule has 0 saturated carbocycles. The molecule has 1 aromatic carbocycles. The molecule has 0 saturated heterocycles.